The van der Waals surface area contributed by atoms with Crippen LogP contribution in [0.1, 0.15) is 11.1 Å². The highest BCUT2D eigenvalue weighted by molar-refractivity contribution is 9.10. The number of rotatable bonds is 6. The van der Waals surface area contributed by atoms with Crippen LogP contribution in [-0.4, -0.2) is 22.8 Å². The van der Waals surface area contributed by atoms with E-state index in [1.165, 1.54) is 36.4 Å². The molecule has 176 valence electrons. The third kappa shape index (κ3) is 5.25. The molecule has 3 aromatic rings. The lowest BCUT2D eigenvalue weighted by atomic mass is 10.1. The predicted molar refractivity (Wildman–Crippen MR) is 127 cm³/mol. The molecule has 4 rings (SSSR count). The zero-order valence-corrected chi connectivity index (χ0v) is 19.3. The lowest BCUT2D eigenvalue weighted by Gasteiger charge is -2.26. The van der Waals surface area contributed by atoms with E-state index in [1.54, 1.807) is 30.3 Å². The van der Waals surface area contributed by atoms with Gasteiger partial charge in [-0.25, -0.2) is 14.1 Å². The Labute approximate surface area is 206 Å². The summed E-state index contributed by atoms with van der Waals surface area (Å²) in [6, 6.07) is 14.6. The van der Waals surface area contributed by atoms with Crippen LogP contribution in [0.4, 0.5) is 20.6 Å². The molecular formula is C24H15BrFN3O6. The second kappa shape index (κ2) is 9.85. The van der Waals surface area contributed by atoms with E-state index < -0.39 is 22.8 Å². The number of nitrogens with one attached hydrogen (secondary N) is 1. The summed E-state index contributed by atoms with van der Waals surface area (Å²) in [5.41, 5.74) is 0.525. The minimum Gasteiger partial charge on any atom is -0.488 e. The van der Waals surface area contributed by atoms with E-state index in [1.807, 2.05) is 0 Å². The first kappa shape index (κ1) is 23.8. The summed E-state index contributed by atoms with van der Waals surface area (Å²) in [4.78, 5) is 48.8. The number of nitro benzene ring substituents is 1. The van der Waals surface area contributed by atoms with Crippen molar-refractivity contribution in [3.8, 4) is 5.75 Å². The van der Waals surface area contributed by atoms with Gasteiger partial charge in [0.2, 0.25) is 0 Å². The smallest absolute Gasteiger partial charge is 0.335 e. The summed E-state index contributed by atoms with van der Waals surface area (Å²) in [5.74, 6) is -1.69. The van der Waals surface area contributed by atoms with Crippen molar-refractivity contribution in [2.75, 3.05) is 4.90 Å². The number of hydrogen-bond donors (Lipinski definition) is 1. The van der Waals surface area contributed by atoms with E-state index in [0.717, 1.165) is 11.6 Å². The van der Waals surface area contributed by atoms with Crippen LogP contribution in [-0.2, 0) is 16.2 Å². The summed E-state index contributed by atoms with van der Waals surface area (Å²) in [5, 5.41) is 13.1. The Morgan fingerprint density at radius 1 is 1.06 bits per heavy atom. The largest absolute Gasteiger partial charge is 0.488 e. The maximum atomic E-state index is 13.0. The van der Waals surface area contributed by atoms with E-state index >= 15 is 0 Å². The van der Waals surface area contributed by atoms with E-state index in [0.29, 0.717) is 20.7 Å². The van der Waals surface area contributed by atoms with Gasteiger partial charge in [-0.3, -0.25) is 25.0 Å². The number of imide groups is 2. The van der Waals surface area contributed by atoms with Crippen LogP contribution >= 0.6 is 15.9 Å². The summed E-state index contributed by atoms with van der Waals surface area (Å²) < 4.78 is 19.3. The van der Waals surface area contributed by atoms with Crippen molar-refractivity contribution < 1.29 is 28.4 Å². The zero-order chi connectivity index (χ0) is 25.1. The molecule has 9 nitrogen and oxygen atoms in total. The second-order valence-electron chi connectivity index (χ2n) is 7.34. The Morgan fingerprint density at radius 3 is 2.49 bits per heavy atom. The molecule has 1 aliphatic rings. The van der Waals surface area contributed by atoms with Crippen molar-refractivity contribution in [2.45, 2.75) is 6.61 Å². The van der Waals surface area contributed by atoms with Crippen molar-refractivity contribution in [1.82, 2.24) is 5.32 Å². The van der Waals surface area contributed by atoms with Crippen LogP contribution in [0.5, 0.6) is 5.75 Å². The number of carbonyl (C=O) groups excluding carboxylic acids is 3. The second-order valence-corrected chi connectivity index (χ2v) is 8.19. The first-order chi connectivity index (χ1) is 16.7. The maximum absolute atomic E-state index is 13.0. The number of nitro groups is 1. The van der Waals surface area contributed by atoms with Gasteiger partial charge < -0.3 is 4.74 Å². The first-order valence-electron chi connectivity index (χ1n) is 10.1. The van der Waals surface area contributed by atoms with E-state index in [9.17, 15) is 28.9 Å². The molecule has 1 aliphatic heterocycles. The Balaban J connectivity index is 1.57. The van der Waals surface area contributed by atoms with Crippen molar-refractivity contribution in [2.24, 2.45) is 0 Å². The number of benzene rings is 3. The van der Waals surface area contributed by atoms with Gasteiger partial charge in [0.1, 0.15) is 23.7 Å². The molecule has 0 bridgehead atoms. The molecule has 4 amide bonds. The fourth-order valence-electron chi connectivity index (χ4n) is 3.27. The van der Waals surface area contributed by atoms with Crippen LogP contribution in [0.25, 0.3) is 6.08 Å². The monoisotopic (exact) mass is 539 g/mol. The van der Waals surface area contributed by atoms with Gasteiger partial charge in [0.15, 0.2) is 0 Å². The standard InChI is InChI=1S/C24H15BrFN3O6/c25-20-11-15(6-9-21(20)35-13-14-4-7-16(26)8-5-14)10-19-22(30)27-24(32)28(23(19)31)17-2-1-3-18(12-17)29(33)34/h1-12H,13H2,(H,27,30,32)/b19-10+. The molecule has 0 unspecified atom stereocenters. The van der Waals surface area contributed by atoms with Gasteiger partial charge in [-0.2, -0.15) is 0 Å². The Bertz CT molecular complexity index is 1390. The van der Waals surface area contributed by atoms with Crippen molar-refractivity contribution in [3.05, 3.63) is 104 Å². The highest BCUT2D eigenvalue weighted by Crippen LogP contribution is 2.29. The first-order valence-corrected chi connectivity index (χ1v) is 10.8. The molecule has 3 aromatic carbocycles. The van der Waals surface area contributed by atoms with E-state index in [4.69, 9.17) is 4.74 Å². The number of halogens is 2. The number of ether oxygens (including phenoxy) is 1. The SMILES string of the molecule is O=C1NC(=O)N(c2cccc([N+](=O)[O-])c2)C(=O)/C1=C/c1ccc(OCc2ccc(F)cc2)c(Br)c1. The average Bonchev–Trinajstić information content (AvgIpc) is 2.82. The minimum absolute atomic E-state index is 0.0502. The number of amides is 4. The molecular weight excluding hydrogens is 525 g/mol. The molecule has 0 radical (unpaired) electrons. The summed E-state index contributed by atoms with van der Waals surface area (Å²) in [6.45, 7) is 0.195. The van der Waals surface area contributed by atoms with Gasteiger partial charge in [-0.05, 0) is 63.5 Å². The highest BCUT2D eigenvalue weighted by Gasteiger charge is 2.37. The third-order valence-electron chi connectivity index (χ3n) is 4.97. The number of carbonyl (C=O) groups is 3. The fourth-order valence-corrected chi connectivity index (χ4v) is 3.78. The maximum Gasteiger partial charge on any atom is 0.335 e. The predicted octanol–water partition coefficient (Wildman–Crippen LogP) is 4.74. The highest BCUT2D eigenvalue weighted by atomic mass is 79.9. The van der Waals surface area contributed by atoms with Crippen LogP contribution in [0.3, 0.4) is 0 Å². The molecule has 35 heavy (non-hydrogen) atoms. The van der Waals surface area contributed by atoms with Crippen molar-refractivity contribution in [1.29, 1.82) is 0 Å². The molecule has 0 aliphatic carbocycles. The molecule has 0 aromatic heterocycles. The fraction of sp³-hybridized carbons (Fsp3) is 0.0417. The number of hydrogen-bond acceptors (Lipinski definition) is 6. The molecule has 1 N–H and O–H groups in total. The molecule has 0 atom stereocenters. The van der Waals surface area contributed by atoms with Crippen molar-refractivity contribution in [3.63, 3.8) is 0 Å². The Morgan fingerprint density at radius 2 is 1.80 bits per heavy atom. The van der Waals surface area contributed by atoms with E-state index in [-0.39, 0.29) is 29.4 Å². The van der Waals surface area contributed by atoms with Crippen molar-refractivity contribution >= 4 is 51.2 Å². The van der Waals surface area contributed by atoms with Gasteiger partial charge in [-0.15, -0.1) is 0 Å². The van der Waals surface area contributed by atoms with Gasteiger partial charge in [-0.1, -0.05) is 24.3 Å². The van der Waals surface area contributed by atoms with Crippen LogP contribution in [0, 0.1) is 15.9 Å². The number of anilines is 1. The van der Waals surface area contributed by atoms with Crippen LogP contribution in [0.2, 0.25) is 0 Å². The Hall–Kier alpha value is -4.38. The Kier molecular flexibility index (Phi) is 6.69. The zero-order valence-electron chi connectivity index (χ0n) is 17.7. The van der Waals surface area contributed by atoms with Gasteiger partial charge in [0, 0.05) is 12.1 Å². The number of nitrogens with zero attached hydrogens (tertiary/aromatic N) is 2. The van der Waals surface area contributed by atoms with Gasteiger partial charge >= 0.3 is 6.03 Å². The lowest BCUT2D eigenvalue weighted by Crippen LogP contribution is -2.54. The molecule has 0 spiro atoms. The molecule has 0 saturated carbocycles. The van der Waals surface area contributed by atoms with E-state index in [2.05, 4.69) is 21.2 Å². The van der Waals surface area contributed by atoms with Gasteiger partial charge in [0.25, 0.3) is 17.5 Å². The normalized spacial score (nSPS) is 14.7. The lowest BCUT2D eigenvalue weighted by molar-refractivity contribution is -0.384. The quantitative estimate of drug-likeness (QED) is 0.209. The topological polar surface area (TPSA) is 119 Å². The third-order valence-corrected chi connectivity index (χ3v) is 5.59. The molecule has 11 heteroatoms. The summed E-state index contributed by atoms with van der Waals surface area (Å²) in [7, 11) is 0. The summed E-state index contributed by atoms with van der Waals surface area (Å²) in [6.07, 6.45) is 1.29. The minimum atomic E-state index is -1.01. The molecule has 1 heterocycles. The molecule has 1 saturated heterocycles. The average molecular weight is 540 g/mol. The van der Waals surface area contributed by atoms with Crippen LogP contribution < -0.4 is 15.0 Å². The number of non-ortho nitro benzene ring substituents is 1. The molecule has 1 fully saturated rings. The summed E-state index contributed by atoms with van der Waals surface area (Å²) >= 11 is 3.38. The number of urea groups is 1. The van der Waals surface area contributed by atoms with Gasteiger partial charge in [0.05, 0.1) is 15.1 Å². The van der Waals surface area contributed by atoms with Crippen LogP contribution in [0.15, 0.2) is 76.8 Å². The number of barbiturate groups is 1.